The summed E-state index contributed by atoms with van der Waals surface area (Å²) >= 11 is 2.97. The number of aliphatic hydroxyl groups is 1. The molecule has 2 N–H and O–H groups in total. The van der Waals surface area contributed by atoms with Crippen molar-refractivity contribution in [1.82, 2.24) is 4.72 Å². The summed E-state index contributed by atoms with van der Waals surface area (Å²) in [6.07, 6.45) is 0.315. The first-order valence-electron chi connectivity index (χ1n) is 5.86. The Balaban J connectivity index is 2.99. The van der Waals surface area contributed by atoms with Crippen LogP contribution in [0, 0.1) is 11.7 Å². The van der Waals surface area contributed by atoms with Gasteiger partial charge in [-0.25, -0.2) is 17.5 Å². The van der Waals surface area contributed by atoms with Crippen molar-refractivity contribution in [3.05, 3.63) is 28.5 Å². The molecule has 0 aromatic heterocycles. The molecule has 1 aromatic carbocycles. The number of aliphatic hydroxyl groups excluding tert-OH is 1. The Labute approximate surface area is 121 Å². The number of nitrogens with one attached hydrogen (secondary N) is 1. The van der Waals surface area contributed by atoms with E-state index in [9.17, 15) is 12.8 Å². The standard InChI is InChI=1S/C12H17BrFNO3S/c1-8(2)12(5-6-16)15-19(17,18)9-3-4-10(13)11(14)7-9/h3-4,7-8,12,15-16H,5-6H2,1-2H3. The zero-order valence-corrected chi connectivity index (χ0v) is 13.1. The molecule has 0 heterocycles. The highest BCUT2D eigenvalue weighted by Crippen LogP contribution is 2.20. The summed E-state index contributed by atoms with van der Waals surface area (Å²) in [5, 5.41) is 8.93. The van der Waals surface area contributed by atoms with Crippen molar-refractivity contribution in [1.29, 1.82) is 0 Å². The normalized spacial score (nSPS) is 13.8. The highest BCUT2D eigenvalue weighted by Gasteiger charge is 2.22. The summed E-state index contributed by atoms with van der Waals surface area (Å²) in [7, 11) is -3.79. The van der Waals surface area contributed by atoms with E-state index in [1.165, 1.54) is 12.1 Å². The lowest BCUT2D eigenvalue weighted by atomic mass is 10.0. The van der Waals surface area contributed by atoms with Crippen LogP contribution in [0.1, 0.15) is 20.3 Å². The molecule has 1 unspecified atom stereocenters. The van der Waals surface area contributed by atoms with Crippen LogP contribution in [0.15, 0.2) is 27.6 Å². The van der Waals surface area contributed by atoms with E-state index in [-0.39, 0.29) is 27.9 Å². The zero-order chi connectivity index (χ0) is 14.6. The minimum Gasteiger partial charge on any atom is -0.396 e. The third kappa shape index (κ3) is 4.52. The van der Waals surface area contributed by atoms with Gasteiger partial charge in [0.15, 0.2) is 0 Å². The van der Waals surface area contributed by atoms with Crippen molar-refractivity contribution in [3.8, 4) is 0 Å². The Morgan fingerprint density at radius 3 is 2.53 bits per heavy atom. The van der Waals surface area contributed by atoms with E-state index in [1.807, 2.05) is 13.8 Å². The Morgan fingerprint density at radius 1 is 1.42 bits per heavy atom. The maximum atomic E-state index is 13.4. The summed E-state index contributed by atoms with van der Waals surface area (Å²) in [4.78, 5) is -0.128. The van der Waals surface area contributed by atoms with E-state index in [2.05, 4.69) is 20.7 Å². The molecule has 0 aliphatic heterocycles. The third-order valence-corrected chi connectivity index (χ3v) is 4.88. The second-order valence-corrected chi connectivity index (χ2v) is 7.13. The van der Waals surface area contributed by atoms with E-state index < -0.39 is 15.8 Å². The lowest BCUT2D eigenvalue weighted by Crippen LogP contribution is -2.39. The highest BCUT2D eigenvalue weighted by molar-refractivity contribution is 9.10. The third-order valence-electron chi connectivity index (χ3n) is 2.75. The number of sulfonamides is 1. The van der Waals surface area contributed by atoms with Crippen LogP contribution < -0.4 is 4.72 Å². The summed E-state index contributed by atoms with van der Waals surface area (Å²) in [5.41, 5.74) is 0. The maximum Gasteiger partial charge on any atom is 0.240 e. The molecule has 1 aromatic rings. The Morgan fingerprint density at radius 2 is 2.05 bits per heavy atom. The number of rotatable bonds is 6. The van der Waals surface area contributed by atoms with Crippen LogP contribution in [-0.4, -0.2) is 26.2 Å². The SMILES string of the molecule is CC(C)C(CCO)NS(=O)(=O)c1ccc(Br)c(F)c1. The number of hydrogen-bond donors (Lipinski definition) is 2. The molecule has 7 heteroatoms. The van der Waals surface area contributed by atoms with Gasteiger partial charge in [0.2, 0.25) is 10.0 Å². The van der Waals surface area contributed by atoms with Gasteiger partial charge in [-0.2, -0.15) is 0 Å². The molecule has 0 aliphatic rings. The fourth-order valence-corrected chi connectivity index (χ4v) is 3.26. The Kier molecular flexibility index (Phi) is 5.91. The smallest absolute Gasteiger partial charge is 0.240 e. The first kappa shape index (κ1) is 16.6. The van der Waals surface area contributed by atoms with E-state index in [1.54, 1.807) is 0 Å². The van der Waals surface area contributed by atoms with Gasteiger partial charge in [0.1, 0.15) is 5.82 Å². The molecule has 19 heavy (non-hydrogen) atoms. The van der Waals surface area contributed by atoms with Crippen molar-refractivity contribution in [2.24, 2.45) is 5.92 Å². The molecule has 0 fully saturated rings. The molecule has 108 valence electrons. The first-order valence-corrected chi connectivity index (χ1v) is 8.13. The van der Waals surface area contributed by atoms with Crippen LogP contribution in [0.2, 0.25) is 0 Å². The van der Waals surface area contributed by atoms with Crippen LogP contribution in [0.5, 0.6) is 0 Å². The summed E-state index contributed by atoms with van der Waals surface area (Å²) < 4.78 is 40.3. The fourth-order valence-electron chi connectivity index (χ4n) is 1.58. The summed E-state index contributed by atoms with van der Waals surface area (Å²) in [6.45, 7) is 3.59. The van der Waals surface area contributed by atoms with E-state index in [0.717, 1.165) is 6.07 Å². The molecule has 0 amide bonds. The van der Waals surface area contributed by atoms with Crippen molar-refractivity contribution in [2.75, 3.05) is 6.61 Å². The molecule has 0 radical (unpaired) electrons. The lowest BCUT2D eigenvalue weighted by Gasteiger charge is -2.21. The van der Waals surface area contributed by atoms with Gasteiger partial charge in [-0.05, 0) is 46.5 Å². The molecule has 1 atom stereocenters. The quantitative estimate of drug-likeness (QED) is 0.824. The molecule has 0 bridgehead atoms. The second-order valence-electron chi connectivity index (χ2n) is 4.56. The zero-order valence-electron chi connectivity index (χ0n) is 10.7. The van der Waals surface area contributed by atoms with Crippen LogP contribution >= 0.6 is 15.9 Å². The second kappa shape index (κ2) is 6.78. The van der Waals surface area contributed by atoms with Gasteiger partial charge >= 0.3 is 0 Å². The summed E-state index contributed by atoms with van der Waals surface area (Å²) in [5.74, 6) is -0.603. The minimum absolute atomic E-state index is 0.0298. The van der Waals surface area contributed by atoms with Gasteiger partial charge in [0.25, 0.3) is 0 Å². The number of halogens is 2. The van der Waals surface area contributed by atoms with Gasteiger partial charge in [-0.15, -0.1) is 0 Å². The molecule has 0 saturated heterocycles. The molecule has 1 rings (SSSR count). The predicted octanol–water partition coefficient (Wildman–Crippen LogP) is 2.27. The Hall–Kier alpha value is -0.500. The van der Waals surface area contributed by atoms with E-state index in [4.69, 9.17) is 5.11 Å². The van der Waals surface area contributed by atoms with Crippen LogP contribution in [-0.2, 0) is 10.0 Å². The summed E-state index contributed by atoms with van der Waals surface area (Å²) in [6, 6.07) is 3.25. The highest BCUT2D eigenvalue weighted by atomic mass is 79.9. The van der Waals surface area contributed by atoms with Crippen LogP contribution in [0.4, 0.5) is 4.39 Å². The molecular weight excluding hydrogens is 337 g/mol. The van der Waals surface area contributed by atoms with Gasteiger partial charge in [-0.1, -0.05) is 13.8 Å². The minimum atomic E-state index is -3.79. The van der Waals surface area contributed by atoms with Gasteiger partial charge in [0.05, 0.1) is 9.37 Å². The van der Waals surface area contributed by atoms with Crippen molar-refractivity contribution in [3.63, 3.8) is 0 Å². The predicted molar refractivity (Wildman–Crippen MR) is 74.8 cm³/mol. The van der Waals surface area contributed by atoms with Crippen molar-refractivity contribution < 1.29 is 17.9 Å². The molecule has 0 spiro atoms. The van der Waals surface area contributed by atoms with Crippen molar-refractivity contribution >= 4 is 26.0 Å². The largest absolute Gasteiger partial charge is 0.396 e. The molecular formula is C12H17BrFNO3S. The van der Waals surface area contributed by atoms with Gasteiger partial charge < -0.3 is 5.11 Å². The first-order chi connectivity index (χ1) is 8.77. The molecule has 0 aliphatic carbocycles. The Bertz CT molecular complexity index is 534. The van der Waals surface area contributed by atoms with Crippen molar-refractivity contribution in [2.45, 2.75) is 31.2 Å². The molecule has 4 nitrogen and oxygen atoms in total. The fraction of sp³-hybridized carbons (Fsp3) is 0.500. The average Bonchev–Trinajstić information content (AvgIpc) is 2.31. The van der Waals surface area contributed by atoms with E-state index >= 15 is 0 Å². The van der Waals surface area contributed by atoms with Gasteiger partial charge in [-0.3, -0.25) is 0 Å². The van der Waals surface area contributed by atoms with E-state index in [0.29, 0.717) is 6.42 Å². The maximum absolute atomic E-state index is 13.4. The number of hydrogen-bond acceptors (Lipinski definition) is 3. The lowest BCUT2D eigenvalue weighted by molar-refractivity contribution is 0.256. The van der Waals surface area contributed by atoms with Crippen LogP contribution in [0.3, 0.4) is 0 Å². The van der Waals surface area contributed by atoms with Crippen LogP contribution in [0.25, 0.3) is 0 Å². The monoisotopic (exact) mass is 353 g/mol. The van der Waals surface area contributed by atoms with Gasteiger partial charge in [0, 0.05) is 12.6 Å². The number of benzene rings is 1. The topological polar surface area (TPSA) is 66.4 Å². The molecule has 0 saturated carbocycles. The average molecular weight is 354 g/mol.